The minimum absolute atomic E-state index is 0.500. The van der Waals surface area contributed by atoms with E-state index in [9.17, 15) is 0 Å². The van der Waals surface area contributed by atoms with Crippen molar-refractivity contribution in [3.63, 3.8) is 0 Å². The maximum atomic E-state index is 2.46. The molecule has 23 heavy (non-hydrogen) atoms. The van der Waals surface area contributed by atoms with Crippen molar-refractivity contribution in [2.45, 2.75) is 120 Å². The highest BCUT2D eigenvalue weighted by molar-refractivity contribution is 4.87. The monoisotopic (exact) mass is 322 g/mol. The van der Waals surface area contributed by atoms with Crippen LogP contribution in [0.2, 0.25) is 0 Å². The third-order valence-corrected chi connectivity index (χ3v) is 6.74. The second-order valence-electron chi connectivity index (χ2n) is 11.9. The zero-order valence-corrected chi connectivity index (χ0v) is 17.9. The molecular formula is C23H46. The molecule has 0 bridgehead atoms. The minimum Gasteiger partial charge on any atom is -0.0620 e. The molecule has 0 saturated heterocycles. The molecule has 1 atom stereocenters. The molecule has 2 aliphatic carbocycles. The van der Waals surface area contributed by atoms with Crippen LogP contribution in [0.1, 0.15) is 120 Å². The largest absolute Gasteiger partial charge is 0.0620 e. The first-order valence-electron chi connectivity index (χ1n) is 10.2. The molecule has 0 radical (unpaired) electrons. The molecule has 2 fully saturated rings. The van der Waals surface area contributed by atoms with Gasteiger partial charge in [-0.15, -0.1) is 0 Å². The summed E-state index contributed by atoms with van der Waals surface area (Å²) >= 11 is 0. The van der Waals surface area contributed by atoms with Crippen LogP contribution < -0.4 is 0 Å². The molecule has 0 aliphatic heterocycles. The molecule has 2 aliphatic rings. The quantitative estimate of drug-likeness (QED) is 0.488. The average molecular weight is 323 g/mol. The van der Waals surface area contributed by atoms with Crippen LogP contribution in [0.3, 0.4) is 0 Å². The molecule has 0 N–H and O–H groups in total. The lowest BCUT2D eigenvalue weighted by Gasteiger charge is -2.42. The standard InChI is InChI=1S/C13H26.C10H20/c1-11(12(2,3)4)7-10-13(5)8-6-9-13;1-9(2,3)8-10(4)6-5-7-10/h11H,6-10H2,1-5H3;5-8H2,1-4H3. The smallest absolute Gasteiger partial charge is 0.0321 e. The van der Waals surface area contributed by atoms with E-state index in [1.54, 1.807) is 0 Å². The van der Waals surface area contributed by atoms with Crippen molar-refractivity contribution in [2.24, 2.45) is 27.6 Å². The molecule has 2 rings (SSSR count). The molecule has 2 saturated carbocycles. The Bertz CT molecular complexity index is 341. The van der Waals surface area contributed by atoms with Crippen molar-refractivity contribution in [3.05, 3.63) is 0 Å². The Labute approximate surface area is 148 Å². The SMILES string of the molecule is CC(C)(C)CC1(C)CCC1.CC(CCC1(C)CCC1)C(C)(C)C. The zero-order chi connectivity index (χ0) is 17.9. The Balaban J connectivity index is 0.000000238. The fraction of sp³-hybridized carbons (Fsp3) is 1.00. The summed E-state index contributed by atoms with van der Waals surface area (Å²) in [5.41, 5.74) is 2.47. The highest BCUT2D eigenvalue weighted by atomic mass is 14.4. The van der Waals surface area contributed by atoms with Crippen molar-refractivity contribution in [3.8, 4) is 0 Å². The lowest BCUT2D eigenvalue weighted by molar-refractivity contribution is 0.0920. The fourth-order valence-electron chi connectivity index (χ4n) is 4.27. The van der Waals surface area contributed by atoms with Crippen LogP contribution in [0, 0.1) is 27.6 Å². The van der Waals surface area contributed by atoms with E-state index in [1.807, 2.05) is 0 Å². The van der Waals surface area contributed by atoms with Gasteiger partial charge < -0.3 is 0 Å². The first-order chi connectivity index (χ1) is 10.2. The van der Waals surface area contributed by atoms with E-state index in [0.717, 1.165) is 11.3 Å². The van der Waals surface area contributed by atoms with E-state index in [4.69, 9.17) is 0 Å². The Hall–Kier alpha value is 0. The van der Waals surface area contributed by atoms with E-state index >= 15 is 0 Å². The molecule has 0 spiro atoms. The van der Waals surface area contributed by atoms with Gasteiger partial charge in [-0.25, -0.2) is 0 Å². The lowest BCUT2D eigenvalue weighted by Crippen LogP contribution is -2.30. The van der Waals surface area contributed by atoms with Crippen LogP contribution in [-0.4, -0.2) is 0 Å². The van der Waals surface area contributed by atoms with Crippen molar-refractivity contribution >= 4 is 0 Å². The summed E-state index contributed by atoms with van der Waals surface area (Å²) in [6.45, 7) is 21.4. The minimum atomic E-state index is 0.500. The van der Waals surface area contributed by atoms with Gasteiger partial charge in [-0.05, 0) is 72.5 Å². The molecule has 138 valence electrons. The summed E-state index contributed by atoms with van der Waals surface area (Å²) in [4.78, 5) is 0. The van der Waals surface area contributed by atoms with Gasteiger partial charge in [0.2, 0.25) is 0 Å². The summed E-state index contributed by atoms with van der Waals surface area (Å²) in [6.07, 6.45) is 13.1. The van der Waals surface area contributed by atoms with E-state index in [2.05, 4.69) is 62.3 Å². The second kappa shape index (κ2) is 7.49. The predicted octanol–water partition coefficient (Wildman–Crippen LogP) is 8.25. The molecule has 0 aromatic carbocycles. The molecule has 0 amide bonds. The van der Waals surface area contributed by atoms with Gasteiger partial charge >= 0.3 is 0 Å². The molecular weight excluding hydrogens is 276 g/mol. The maximum absolute atomic E-state index is 2.46. The Morgan fingerprint density at radius 2 is 1.22 bits per heavy atom. The van der Waals surface area contributed by atoms with Crippen LogP contribution >= 0.6 is 0 Å². The van der Waals surface area contributed by atoms with E-state index in [-0.39, 0.29) is 0 Å². The van der Waals surface area contributed by atoms with Gasteiger partial charge in [-0.3, -0.25) is 0 Å². The van der Waals surface area contributed by atoms with E-state index in [1.165, 1.54) is 57.8 Å². The molecule has 1 unspecified atom stereocenters. The zero-order valence-electron chi connectivity index (χ0n) is 17.9. The van der Waals surface area contributed by atoms with Gasteiger partial charge in [-0.1, -0.05) is 75.2 Å². The summed E-state index contributed by atoms with van der Waals surface area (Å²) in [5, 5.41) is 0. The van der Waals surface area contributed by atoms with Gasteiger partial charge in [-0.2, -0.15) is 0 Å². The van der Waals surface area contributed by atoms with Crippen molar-refractivity contribution in [1.82, 2.24) is 0 Å². The highest BCUT2D eigenvalue weighted by Gasteiger charge is 2.35. The first kappa shape index (κ1) is 21.0. The number of hydrogen-bond donors (Lipinski definition) is 0. The van der Waals surface area contributed by atoms with Crippen molar-refractivity contribution in [1.29, 1.82) is 0 Å². The molecule has 0 aromatic rings. The van der Waals surface area contributed by atoms with Gasteiger partial charge in [0.05, 0.1) is 0 Å². The summed E-state index contributed by atoms with van der Waals surface area (Å²) in [6, 6.07) is 0. The maximum Gasteiger partial charge on any atom is -0.0321 e. The first-order valence-corrected chi connectivity index (χ1v) is 10.2. The highest BCUT2D eigenvalue weighted by Crippen LogP contribution is 2.48. The van der Waals surface area contributed by atoms with Gasteiger partial charge in [0, 0.05) is 0 Å². The predicted molar refractivity (Wildman–Crippen MR) is 106 cm³/mol. The van der Waals surface area contributed by atoms with Gasteiger partial charge in [0.25, 0.3) is 0 Å². The van der Waals surface area contributed by atoms with Crippen LogP contribution in [0.25, 0.3) is 0 Å². The molecule has 0 aromatic heterocycles. The Morgan fingerprint density at radius 1 is 0.783 bits per heavy atom. The number of rotatable bonds is 4. The van der Waals surface area contributed by atoms with E-state index < -0.39 is 0 Å². The van der Waals surface area contributed by atoms with Crippen molar-refractivity contribution in [2.75, 3.05) is 0 Å². The summed E-state index contributed by atoms with van der Waals surface area (Å²) in [5.74, 6) is 0.866. The lowest BCUT2D eigenvalue weighted by atomic mass is 9.63. The third-order valence-electron chi connectivity index (χ3n) is 6.74. The van der Waals surface area contributed by atoms with Crippen LogP contribution in [0.4, 0.5) is 0 Å². The Kier molecular flexibility index (Phi) is 6.85. The number of hydrogen-bond acceptors (Lipinski definition) is 0. The van der Waals surface area contributed by atoms with Crippen LogP contribution in [0.15, 0.2) is 0 Å². The molecule has 0 nitrogen and oxygen atoms in total. The Morgan fingerprint density at radius 3 is 1.43 bits per heavy atom. The third kappa shape index (κ3) is 7.61. The average Bonchev–Trinajstić information content (AvgIpc) is 2.29. The van der Waals surface area contributed by atoms with E-state index in [0.29, 0.717) is 16.2 Å². The van der Waals surface area contributed by atoms with Crippen LogP contribution in [0.5, 0.6) is 0 Å². The van der Waals surface area contributed by atoms with Gasteiger partial charge in [0.1, 0.15) is 0 Å². The second-order valence-corrected chi connectivity index (χ2v) is 11.9. The summed E-state index contributed by atoms with van der Waals surface area (Å²) < 4.78 is 0. The molecule has 0 heterocycles. The van der Waals surface area contributed by atoms with Crippen LogP contribution in [-0.2, 0) is 0 Å². The topological polar surface area (TPSA) is 0 Å². The normalized spacial score (nSPS) is 23.9. The molecule has 0 heteroatoms. The summed E-state index contributed by atoms with van der Waals surface area (Å²) in [7, 11) is 0. The van der Waals surface area contributed by atoms with Crippen molar-refractivity contribution < 1.29 is 0 Å². The van der Waals surface area contributed by atoms with Gasteiger partial charge in [0.15, 0.2) is 0 Å². The fourth-order valence-corrected chi connectivity index (χ4v) is 4.27.